The summed E-state index contributed by atoms with van der Waals surface area (Å²) in [4.78, 5) is 12.9. The molecular weight excluding hydrogens is 422 g/mol. The number of hydrogen-bond acceptors (Lipinski definition) is 4. The van der Waals surface area contributed by atoms with Crippen LogP contribution in [0.25, 0.3) is 16.8 Å². The van der Waals surface area contributed by atoms with Gasteiger partial charge in [0.2, 0.25) is 0 Å². The lowest BCUT2D eigenvalue weighted by Gasteiger charge is -2.13. The summed E-state index contributed by atoms with van der Waals surface area (Å²) >= 11 is 3.45. The topological polar surface area (TPSA) is 68.8 Å². The van der Waals surface area contributed by atoms with E-state index in [1.807, 2.05) is 24.3 Å². The average Bonchev–Trinajstić information content (AvgIpc) is 3.15. The molecule has 4 rings (SSSR count). The van der Waals surface area contributed by atoms with Crippen molar-refractivity contribution in [1.29, 1.82) is 0 Å². The van der Waals surface area contributed by atoms with Crippen LogP contribution in [0, 0.1) is 0 Å². The zero-order valence-corrected chi connectivity index (χ0v) is 16.7. The van der Waals surface area contributed by atoms with E-state index in [0.29, 0.717) is 17.0 Å². The molecule has 1 N–H and O–H groups in total. The third-order valence-corrected chi connectivity index (χ3v) is 5.09. The van der Waals surface area contributed by atoms with Crippen molar-refractivity contribution in [2.24, 2.45) is 0 Å². The first-order valence-corrected chi connectivity index (χ1v) is 9.51. The Kier molecular flexibility index (Phi) is 5.02. The van der Waals surface area contributed by atoms with E-state index in [-0.39, 0.29) is 12.1 Å². The number of methoxy groups -OCH3 is 1. The molecule has 2 heterocycles. The van der Waals surface area contributed by atoms with Crippen LogP contribution in [0.4, 0.5) is 0 Å². The summed E-state index contributed by atoms with van der Waals surface area (Å²) in [6.45, 7) is 0.152. The minimum absolute atomic E-state index is 0.152. The molecule has 0 aliphatic heterocycles. The number of halogens is 1. The van der Waals surface area contributed by atoms with E-state index in [4.69, 9.17) is 4.74 Å². The lowest BCUT2D eigenvalue weighted by atomic mass is 10.1. The van der Waals surface area contributed by atoms with Gasteiger partial charge in [0.05, 0.1) is 25.5 Å². The molecule has 142 valence electrons. The molecule has 0 saturated carbocycles. The molecule has 0 radical (unpaired) electrons. The number of aliphatic hydroxyl groups is 1. The molecule has 0 spiro atoms. The van der Waals surface area contributed by atoms with Gasteiger partial charge < -0.3 is 14.4 Å². The number of hydrogen-bond donors (Lipinski definition) is 1. The van der Waals surface area contributed by atoms with E-state index >= 15 is 0 Å². The summed E-state index contributed by atoms with van der Waals surface area (Å²) in [6.07, 6.45) is 2.55. The first-order chi connectivity index (χ1) is 13.5. The zero-order valence-electron chi connectivity index (χ0n) is 15.1. The van der Waals surface area contributed by atoms with Crippen molar-refractivity contribution >= 4 is 21.4 Å². The van der Waals surface area contributed by atoms with Gasteiger partial charge in [0, 0.05) is 22.4 Å². The number of aliphatic hydroxyl groups excluding tert-OH is 1. The zero-order chi connectivity index (χ0) is 19.7. The molecule has 0 saturated heterocycles. The fourth-order valence-corrected chi connectivity index (χ4v) is 3.48. The molecule has 0 aliphatic rings. The second-order valence-corrected chi connectivity index (χ2v) is 7.33. The third-order valence-electron chi connectivity index (χ3n) is 4.59. The minimum atomic E-state index is -0.807. The van der Waals surface area contributed by atoms with Crippen molar-refractivity contribution in [3.05, 3.63) is 87.4 Å². The molecule has 2 aromatic heterocycles. The molecule has 0 bridgehead atoms. The Hall–Kier alpha value is -2.90. The van der Waals surface area contributed by atoms with Crippen LogP contribution < -0.4 is 10.3 Å². The number of nitrogens with zero attached hydrogens (tertiary/aromatic N) is 3. The normalized spacial score (nSPS) is 12.2. The fourth-order valence-electron chi connectivity index (χ4n) is 3.08. The van der Waals surface area contributed by atoms with Crippen molar-refractivity contribution in [2.75, 3.05) is 7.11 Å². The average molecular weight is 440 g/mol. The lowest BCUT2D eigenvalue weighted by molar-refractivity contribution is 0.155. The molecule has 1 atom stereocenters. The quantitative estimate of drug-likeness (QED) is 0.514. The van der Waals surface area contributed by atoms with Crippen molar-refractivity contribution in [2.45, 2.75) is 12.6 Å². The van der Waals surface area contributed by atoms with Gasteiger partial charge in [0.15, 0.2) is 0 Å². The molecule has 28 heavy (non-hydrogen) atoms. The van der Waals surface area contributed by atoms with Gasteiger partial charge in [0.25, 0.3) is 5.56 Å². The highest BCUT2D eigenvalue weighted by Gasteiger charge is 2.13. The van der Waals surface area contributed by atoms with Crippen LogP contribution >= 0.6 is 15.9 Å². The van der Waals surface area contributed by atoms with Crippen molar-refractivity contribution in [3.63, 3.8) is 0 Å². The molecule has 0 amide bonds. The van der Waals surface area contributed by atoms with Crippen LogP contribution in [0.1, 0.15) is 11.7 Å². The van der Waals surface area contributed by atoms with Crippen molar-refractivity contribution in [3.8, 4) is 17.0 Å². The Morgan fingerprint density at radius 1 is 1.14 bits per heavy atom. The molecule has 6 nitrogen and oxygen atoms in total. The maximum Gasteiger partial charge on any atom is 0.276 e. The van der Waals surface area contributed by atoms with Gasteiger partial charge in [-0.1, -0.05) is 40.2 Å². The summed E-state index contributed by atoms with van der Waals surface area (Å²) in [5.41, 5.74) is 2.60. The van der Waals surface area contributed by atoms with Crippen LogP contribution in [-0.2, 0) is 6.54 Å². The summed E-state index contributed by atoms with van der Waals surface area (Å²) in [7, 11) is 1.59. The first-order valence-electron chi connectivity index (χ1n) is 8.72. The van der Waals surface area contributed by atoms with Gasteiger partial charge in [-0.05, 0) is 35.9 Å². The number of aromatic nitrogens is 3. The molecule has 0 fully saturated rings. The lowest BCUT2D eigenvalue weighted by Crippen LogP contribution is -2.24. The maximum absolute atomic E-state index is 12.9. The van der Waals surface area contributed by atoms with E-state index in [1.54, 1.807) is 54.4 Å². The second kappa shape index (κ2) is 7.61. The highest BCUT2D eigenvalue weighted by atomic mass is 79.9. The Bertz CT molecular complexity index is 1180. The largest absolute Gasteiger partial charge is 0.497 e. The highest BCUT2D eigenvalue weighted by Crippen LogP contribution is 2.23. The van der Waals surface area contributed by atoms with Gasteiger partial charge in [-0.2, -0.15) is 5.10 Å². The number of benzene rings is 2. The summed E-state index contributed by atoms with van der Waals surface area (Å²) in [5.74, 6) is 0.717. The maximum atomic E-state index is 12.9. The fraction of sp³-hybridized carbons (Fsp3) is 0.143. The first kappa shape index (κ1) is 18.5. The Morgan fingerprint density at radius 2 is 1.93 bits per heavy atom. The minimum Gasteiger partial charge on any atom is -0.497 e. The van der Waals surface area contributed by atoms with Crippen LogP contribution in [0.3, 0.4) is 0 Å². The number of fused-ring (bicyclic) bond motifs is 1. The SMILES string of the molecule is COc1ccc([C@H](O)Cn2ccn3nc(-c4cccc(Br)c4)cc3c2=O)cc1. The van der Waals surface area contributed by atoms with Gasteiger partial charge in [0.1, 0.15) is 11.3 Å². The molecule has 4 aromatic rings. The standard InChI is InChI=1S/C21H18BrN3O3/c1-28-17-7-5-14(6-8-17)20(26)13-24-9-10-25-19(21(24)27)12-18(23-25)15-3-2-4-16(22)11-15/h2-12,20,26H,13H2,1H3/t20-/m1/s1. The Morgan fingerprint density at radius 3 is 2.64 bits per heavy atom. The summed E-state index contributed by atoms with van der Waals surface area (Å²) in [5, 5.41) is 15.0. The second-order valence-electron chi connectivity index (χ2n) is 6.41. The molecule has 0 aliphatic carbocycles. The van der Waals surface area contributed by atoms with Crippen LogP contribution in [0.15, 0.2) is 76.3 Å². The van der Waals surface area contributed by atoms with Gasteiger partial charge in [-0.3, -0.25) is 4.79 Å². The van der Waals surface area contributed by atoms with Gasteiger partial charge in [-0.25, -0.2) is 4.52 Å². The van der Waals surface area contributed by atoms with Crippen LogP contribution in [-0.4, -0.2) is 26.4 Å². The van der Waals surface area contributed by atoms with Crippen molar-refractivity contribution < 1.29 is 9.84 Å². The smallest absolute Gasteiger partial charge is 0.276 e. The molecule has 2 aromatic carbocycles. The number of ether oxygens (including phenoxy) is 1. The monoisotopic (exact) mass is 439 g/mol. The molecular formula is C21H18BrN3O3. The Balaban J connectivity index is 1.64. The summed E-state index contributed by atoms with van der Waals surface area (Å²) in [6, 6.07) is 16.7. The molecule has 7 heteroatoms. The van der Waals surface area contributed by atoms with Crippen LogP contribution in [0.5, 0.6) is 5.75 Å². The van der Waals surface area contributed by atoms with Crippen LogP contribution in [0.2, 0.25) is 0 Å². The van der Waals surface area contributed by atoms with E-state index in [9.17, 15) is 9.90 Å². The third kappa shape index (κ3) is 3.58. The van der Waals surface area contributed by atoms with E-state index in [2.05, 4.69) is 21.0 Å². The van der Waals surface area contributed by atoms with E-state index in [0.717, 1.165) is 15.6 Å². The highest BCUT2D eigenvalue weighted by molar-refractivity contribution is 9.10. The van der Waals surface area contributed by atoms with Crippen molar-refractivity contribution in [1.82, 2.24) is 14.2 Å². The predicted molar refractivity (Wildman–Crippen MR) is 111 cm³/mol. The van der Waals surface area contributed by atoms with Gasteiger partial charge >= 0.3 is 0 Å². The van der Waals surface area contributed by atoms with E-state index in [1.165, 1.54) is 4.57 Å². The Labute approximate surface area is 169 Å². The predicted octanol–water partition coefficient (Wildman–Crippen LogP) is 3.67. The molecule has 0 unspecified atom stereocenters. The van der Waals surface area contributed by atoms with Gasteiger partial charge in [-0.15, -0.1) is 0 Å². The van der Waals surface area contributed by atoms with E-state index < -0.39 is 6.10 Å². The summed E-state index contributed by atoms with van der Waals surface area (Å²) < 4.78 is 9.14. The number of rotatable bonds is 5.